The normalized spacial score (nSPS) is 17.9. The van der Waals surface area contributed by atoms with E-state index in [2.05, 4.69) is 10.6 Å². The summed E-state index contributed by atoms with van der Waals surface area (Å²) in [5, 5.41) is 4.97. The van der Waals surface area contributed by atoms with E-state index >= 15 is 0 Å². The highest BCUT2D eigenvalue weighted by Crippen LogP contribution is 2.34. The number of hydrogen-bond donors (Lipinski definition) is 3. The molecule has 1 fully saturated rings. The molecule has 0 saturated carbocycles. The Morgan fingerprint density at radius 2 is 2.00 bits per heavy atom. The molecule has 1 saturated heterocycles. The number of hydrogen-bond acceptors (Lipinski definition) is 3. The minimum absolute atomic E-state index is 0.163. The number of para-hydroxylation sites is 1. The second-order valence-electron chi connectivity index (χ2n) is 5.84. The van der Waals surface area contributed by atoms with Crippen LogP contribution in [0, 0.1) is 5.92 Å². The van der Waals surface area contributed by atoms with Crippen LogP contribution in [0.2, 0.25) is 0 Å². The van der Waals surface area contributed by atoms with Crippen LogP contribution in [0.4, 0.5) is 23.7 Å². The molecule has 0 bridgehead atoms. The molecule has 9 heteroatoms. The average Bonchev–Trinajstić information content (AvgIpc) is 2.59. The van der Waals surface area contributed by atoms with Crippen molar-refractivity contribution in [3.63, 3.8) is 0 Å². The zero-order chi connectivity index (χ0) is 18.4. The van der Waals surface area contributed by atoms with Gasteiger partial charge in [0.2, 0.25) is 5.91 Å². The topological polar surface area (TPSA) is 87.5 Å². The third kappa shape index (κ3) is 5.09. The molecule has 2 rings (SSSR count). The summed E-state index contributed by atoms with van der Waals surface area (Å²) in [5.41, 5.74) is 4.13. The van der Waals surface area contributed by atoms with Crippen molar-refractivity contribution in [3.05, 3.63) is 29.8 Å². The SMILES string of the molecule is NCCNC(=O)C1CCCN(C(=O)Nc2ccccc2C(F)(F)F)C1. The van der Waals surface area contributed by atoms with Crippen LogP contribution in [0.25, 0.3) is 0 Å². The van der Waals surface area contributed by atoms with Crippen LogP contribution in [-0.2, 0) is 11.0 Å². The van der Waals surface area contributed by atoms with Crippen molar-refractivity contribution in [1.29, 1.82) is 0 Å². The highest BCUT2D eigenvalue weighted by molar-refractivity contribution is 5.91. The van der Waals surface area contributed by atoms with E-state index in [1.165, 1.54) is 23.1 Å². The Morgan fingerprint density at radius 1 is 1.28 bits per heavy atom. The van der Waals surface area contributed by atoms with Crippen LogP contribution in [0.3, 0.4) is 0 Å². The van der Waals surface area contributed by atoms with Gasteiger partial charge in [-0.2, -0.15) is 13.2 Å². The van der Waals surface area contributed by atoms with Crippen molar-refractivity contribution in [2.24, 2.45) is 11.7 Å². The summed E-state index contributed by atoms with van der Waals surface area (Å²) in [4.78, 5) is 25.7. The van der Waals surface area contributed by atoms with Crippen molar-refractivity contribution in [3.8, 4) is 0 Å². The van der Waals surface area contributed by atoms with Gasteiger partial charge in [0.05, 0.1) is 17.2 Å². The van der Waals surface area contributed by atoms with E-state index in [4.69, 9.17) is 5.73 Å². The zero-order valence-electron chi connectivity index (χ0n) is 13.6. The fourth-order valence-electron chi connectivity index (χ4n) is 2.75. The third-order valence-electron chi connectivity index (χ3n) is 4.00. The van der Waals surface area contributed by atoms with Gasteiger partial charge in [0.1, 0.15) is 0 Å². The van der Waals surface area contributed by atoms with Crippen molar-refractivity contribution in [1.82, 2.24) is 10.2 Å². The highest BCUT2D eigenvalue weighted by atomic mass is 19.4. The molecular weight excluding hydrogens is 337 g/mol. The Labute approximate surface area is 143 Å². The Balaban J connectivity index is 2.03. The van der Waals surface area contributed by atoms with Crippen LogP contribution < -0.4 is 16.4 Å². The van der Waals surface area contributed by atoms with E-state index in [1.54, 1.807) is 0 Å². The number of alkyl halides is 3. The molecule has 3 amide bonds. The van der Waals surface area contributed by atoms with Crippen molar-refractivity contribution in [2.45, 2.75) is 19.0 Å². The maximum atomic E-state index is 13.0. The van der Waals surface area contributed by atoms with E-state index in [-0.39, 0.29) is 24.1 Å². The monoisotopic (exact) mass is 358 g/mol. The Bertz CT molecular complexity index is 622. The molecule has 25 heavy (non-hydrogen) atoms. The first-order valence-electron chi connectivity index (χ1n) is 8.03. The first-order chi connectivity index (χ1) is 11.8. The summed E-state index contributed by atoms with van der Waals surface area (Å²) in [6.07, 6.45) is -3.33. The number of nitrogens with zero attached hydrogens (tertiary/aromatic N) is 1. The molecule has 1 aromatic rings. The van der Waals surface area contributed by atoms with Crippen molar-refractivity contribution >= 4 is 17.6 Å². The molecule has 0 aromatic heterocycles. The number of carbonyl (C=O) groups is 2. The Morgan fingerprint density at radius 3 is 2.68 bits per heavy atom. The van der Waals surface area contributed by atoms with Gasteiger partial charge in [-0.3, -0.25) is 4.79 Å². The molecule has 138 valence electrons. The van der Waals surface area contributed by atoms with Gasteiger partial charge in [-0.15, -0.1) is 0 Å². The number of nitrogens with one attached hydrogen (secondary N) is 2. The molecule has 1 aliphatic rings. The van der Waals surface area contributed by atoms with Gasteiger partial charge in [-0.05, 0) is 25.0 Å². The fraction of sp³-hybridized carbons (Fsp3) is 0.500. The van der Waals surface area contributed by atoms with Crippen LogP contribution in [0.5, 0.6) is 0 Å². The maximum absolute atomic E-state index is 13.0. The summed E-state index contributed by atoms with van der Waals surface area (Å²) in [5.74, 6) is -0.581. The van der Waals surface area contributed by atoms with Crippen LogP contribution >= 0.6 is 0 Å². The molecule has 1 unspecified atom stereocenters. The van der Waals surface area contributed by atoms with E-state index in [1.807, 2.05) is 0 Å². The molecule has 4 N–H and O–H groups in total. The number of anilines is 1. The summed E-state index contributed by atoms with van der Waals surface area (Å²) >= 11 is 0. The third-order valence-corrected chi connectivity index (χ3v) is 4.00. The molecule has 6 nitrogen and oxygen atoms in total. The first-order valence-corrected chi connectivity index (χ1v) is 8.03. The standard InChI is InChI=1S/C16H21F3N4O2/c17-16(18,19)12-5-1-2-6-13(12)22-15(25)23-9-3-4-11(10-23)14(24)21-8-7-20/h1-2,5-6,11H,3-4,7-10,20H2,(H,21,24)(H,22,25). The van der Waals surface area contributed by atoms with Crippen LogP contribution in [-0.4, -0.2) is 43.0 Å². The summed E-state index contributed by atoms with van der Waals surface area (Å²) < 4.78 is 39.0. The van der Waals surface area contributed by atoms with E-state index < -0.39 is 17.8 Å². The van der Waals surface area contributed by atoms with Gasteiger partial charge >= 0.3 is 12.2 Å². The molecule has 1 heterocycles. The van der Waals surface area contributed by atoms with Gasteiger partial charge in [0.25, 0.3) is 0 Å². The number of amides is 3. The summed E-state index contributed by atoms with van der Waals surface area (Å²) in [6.45, 7) is 1.22. The molecule has 1 aromatic carbocycles. The van der Waals surface area contributed by atoms with Crippen molar-refractivity contribution in [2.75, 3.05) is 31.5 Å². The number of urea groups is 1. The van der Waals surface area contributed by atoms with Crippen LogP contribution in [0.1, 0.15) is 18.4 Å². The lowest BCUT2D eigenvalue weighted by Gasteiger charge is -2.32. The number of likely N-dealkylation sites (tertiary alicyclic amines) is 1. The number of carbonyl (C=O) groups excluding carboxylic acids is 2. The second kappa shape index (κ2) is 8.19. The average molecular weight is 358 g/mol. The highest BCUT2D eigenvalue weighted by Gasteiger charge is 2.34. The molecule has 1 aliphatic heterocycles. The molecular formula is C16H21F3N4O2. The lowest BCUT2D eigenvalue weighted by Crippen LogP contribution is -2.47. The van der Waals surface area contributed by atoms with Gasteiger partial charge in [0, 0.05) is 26.2 Å². The molecule has 0 aliphatic carbocycles. The van der Waals surface area contributed by atoms with Crippen LogP contribution in [0.15, 0.2) is 24.3 Å². The lowest BCUT2D eigenvalue weighted by atomic mass is 9.97. The predicted octanol–water partition coefficient (Wildman–Crippen LogP) is 2.02. The van der Waals surface area contributed by atoms with Crippen molar-refractivity contribution < 1.29 is 22.8 Å². The Hall–Kier alpha value is -2.29. The number of halogens is 3. The fourth-order valence-corrected chi connectivity index (χ4v) is 2.75. The number of rotatable bonds is 4. The van der Waals surface area contributed by atoms with E-state index in [9.17, 15) is 22.8 Å². The predicted molar refractivity (Wildman–Crippen MR) is 86.8 cm³/mol. The Kier molecular flexibility index (Phi) is 6.24. The second-order valence-corrected chi connectivity index (χ2v) is 5.84. The minimum atomic E-state index is -4.56. The molecule has 1 atom stereocenters. The summed E-state index contributed by atoms with van der Waals surface area (Å²) in [7, 11) is 0. The molecule has 0 radical (unpaired) electrons. The van der Waals surface area contributed by atoms with E-state index in [0.717, 1.165) is 6.07 Å². The smallest absolute Gasteiger partial charge is 0.355 e. The lowest BCUT2D eigenvalue weighted by molar-refractivity contribution is -0.137. The molecule has 0 spiro atoms. The maximum Gasteiger partial charge on any atom is 0.418 e. The van der Waals surface area contributed by atoms with Gasteiger partial charge in [0.15, 0.2) is 0 Å². The number of nitrogens with two attached hydrogens (primary N) is 1. The first kappa shape index (κ1) is 19.0. The van der Waals surface area contributed by atoms with Gasteiger partial charge in [-0.25, -0.2) is 4.79 Å². The summed E-state index contributed by atoms with van der Waals surface area (Å²) in [6, 6.07) is 4.15. The largest absolute Gasteiger partial charge is 0.418 e. The van der Waals surface area contributed by atoms with Gasteiger partial charge < -0.3 is 21.3 Å². The quantitative estimate of drug-likeness (QED) is 0.770. The zero-order valence-corrected chi connectivity index (χ0v) is 13.6. The van der Waals surface area contributed by atoms with E-state index in [0.29, 0.717) is 32.5 Å². The minimum Gasteiger partial charge on any atom is -0.355 e. The number of piperidine rings is 1. The number of benzene rings is 1. The van der Waals surface area contributed by atoms with Gasteiger partial charge in [-0.1, -0.05) is 12.1 Å².